The number of halogens is 1. The molecule has 0 spiro atoms. The second-order valence-corrected chi connectivity index (χ2v) is 9.49. The summed E-state index contributed by atoms with van der Waals surface area (Å²) in [5.74, 6) is 0. The molecule has 0 unspecified atom stereocenters. The van der Waals surface area contributed by atoms with E-state index in [0.717, 1.165) is 32.9 Å². The van der Waals surface area contributed by atoms with Crippen LogP contribution in [0.15, 0.2) is 95.7 Å². The monoisotopic (exact) mass is 517 g/mol. The van der Waals surface area contributed by atoms with Crippen molar-refractivity contribution >= 4 is 44.6 Å². The second kappa shape index (κ2) is 9.00. The van der Waals surface area contributed by atoms with Gasteiger partial charge in [-0.25, -0.2) is 0 Å². The van der Waals surface area contributed by atoms with Crippen LogP contribution in [0.25, 0.3) is 5.69 Å². The summed E-state index contributed by atoms with van der Waals surface area (Å²) in [7, 11) is 4.09. The van der Waals surface area contributed by atoms with Crippen molar-refractivity contribution in [3.8, 4) is 5.69 Å². The summed E-state index contributed by atoms with van der Waals surface area (Å²) in [4.78, 5) is 8.97. The largest absolute Gasteiger partial charge is 0.378 e. The lowest BCUT2D eigenvalue weighted by molar-refractivity contribution is 0.549. The van der Waals surface area contributed by atoms with Crippen molar-refractivity contribution in [3.05, 3.63) is 107 Å². The first-order valence-electron chi connectivity index (χ1n) is 10.7. The van der Waals surface area contributed by atoms with Crippen LogP contribution in [0, 0.1) is 0 Å². The van der Waals surface area contributed by atoms with E-state index >= 15 is 0 Å². The molecule has 3 heterocycles. The van der Waals surface area contributed by atoms with Crippen molar-refractivity contribution in [1.82, 2.24) is 14.9 Å². The van der Waals surface area contributed by atoms with Gasteiger partial charge in [0.05, 0.1) is 11.7 Å². The molecule has 7 heteroatoms. The van der Waals surface area contributed by atoms with Crippen LogP contribution in [0.3, 0.4) is 0 Å². The molecule has 2 aromatic heterocycles. The SMILES string of the molecule is CN(C)c1ccc(N2C(=S)N[C@@H](c3ccccn3)[C@H]2c2cccn2-c2cccc(Br)c2)cc1. The molecule has 0 saturated carbocycles. The maximum absolute atomic E-state index is 5.88. The Morgan fingerprint density at radius 1 is 0.939 bits per heavy atom. The second-order valence-electron chi connectivity index (χ2n) is 8.19. The highest BCUT2D eigenvalue weighted by atomic mass is 79.9. The van der Waals surface area contributed by atoms with Crippen LogP contribution < -0.4 is 15.1 Å². The molecule has 5 rings (SSSR count). The number of pyridine rings is 1. The Hall–Kier alpha value is -3.16. The zero-order valence-corrected chi connectivity index (χ0v) is 20.8. The van der Waals surface area contributed by atoms with Crippen molar-refractivity contribution in [2.24, 2.45) is 0 Å². The highest BCUT2D eigenvalue weighted by molar-refractivity contribution is 9.10. The van der Waals surface area contributed by atoms with E-state index in [1.165, 1.54) is 0 Å². The summed E-state index contributed by atoms with van der Waals surface area (Å²) in [6.07, 6.45) is 3.93. The zero-order chi connectivity index (χ0) is 22.9. The van der Waals surface area contributed by atoms with Gasteiger partial charge < -0.3 is 19.7 Å². The number of hydrogen-bond donors (Lipinski definition) is 1. The highest BCUT2D eigenvalue weighted by Crippen LogP contribution is 2.42. The molecule has 4 aromatic rings. The Morgan fingerprint density at radius 2 is 1.76 bits per heavy atom. The smallest absolute Gasteiger partial charge is 0.174 e. The van der Waals surface area contributed by atoms with Crippen molar-refractivity contribution in [2.45, 2.75) is 12.1 Å². The lowest BCUT2D eigenvalue weighted by atomic mass is 10.0. The van der Waals surface area contributed by atoms with E-state index in [9.17, 15) is 0 Å². The third kappa shape index (κ3) is 4.14. The molecule has 0 radical (unpaired) electrons. The van der Waals surface area contributed by atoms with Gasteiger partial charge in [0.25, 0.3) is 0 Å². The van der Waals surface area contributed by atoms with Gasteiger partial charge in [-0.3, -0.25) is 4.98 Å². The number of benzene rings is 2. The van der Waals surface area contributed by atoms with E-state index < -0.39 is 0 Å². The van der Waals surface area contributed by atoms with Gasteiger partial charge in [0.15, 0.2) is 5.11 Å². The van der Waals surface area contributed by atoms with E-state index in [1.54, 1.807) is 0 Å². The average molecular weight is 518 g/mol. The molecular weight excluding hydrogens is 494 g/mol. The lowest BCUT2D eigenvalue weighted by Gasteiger charge is -2.29. The molecule has 2 atom stereocenters. The number of aromatic nitrogens is 2. The Kier molecular flexibility index (Phi) is 5.91. The van der Waals surface area contributed by atoms with Crippen molar-refractivity contribution < 1.29 is 0 Å². The van der Waals surface area contributed by atoms with Crippen LogP contribution in [0.4, 0.5) is 11.4 Å². The highest BCUT2D eigenvalue weighted by Gasteiger charge is 2.42. The molecule has 166 valence electrons. The summed E-state index contributed by atoms with van der Waals surface area (Å²) in [6, 6.07) is 26.9. The standard InChI is InChI=1S/C26H24BrN5S/c1-30(2)19-11-13-20(14-12-19)32-25(24(29-26(32)33)22-9-3-4-15-28-22)23-10-6-16-31(23)21-8-5-7-18(27)17-21/h3-17,24-25H,1-2H3,(H,29,33)/t24-,25+/m0/s1. The molecule has 1 fully saturated rings. The maximum atomic E-state index is 5.88. The first-order valence-corrected chi connectivity index (χ1v) is 11.9. The quantitative estimate of drug-likeness (QED) is 0.334. The fraction of sp³-hybridized carbons (Fsp3) is 0.154. The maximum Gasteiger partial charge on any atom is 0.174 e. The van der Waals surface area contributed by atoms with Gasteiger partial charge in [-0.2, -0.15) is 0 Å². The molecule has 1 aliphatic heterocycles. The molecule has 1 N–H and O–H groups in total. The van der Waals surface area contributed by atoms with Gasteiger partial charge in [-0.05, 0) is 78.9 Å². The van der Waals surface area contributed by atoms with Crippen molar-refractivity contribution in [2.75, 3.05) is 23.9 Å². The molecule has 33 heavy (non-hydrogen) atoms. The minimum Gasteiger partial charge on any atom is -0.378 e. The molecule has 0 amide bonds. The predicted molar refractivity (Wildman–Crippen MR) is 142 cm³/mol. The Balaban J connectivity index is 1.64. The van der Waals surface area contributed by atoms with E-state index in [-0.39, 0.29) is 12.1 Å². The first-order chi connectivity index (χ1) is 16.0. The first kappa shape index (κ1) is 21.7. The van der Waals surface area contributed by atoms with Crippen LogP contribution in [0.1, 0.15) is 23.5 Å². The summed E-state index contributed by atoms with van der Waals surface area (Å²) in [6.45, 7) is 0. The minimum absolute atomic E-state index is 0.0772. The lowest BCUT2D eigenvalue weighted by Crippen LogP contribution is -2.30. The Bertz CT molecular complexity index is 1270. The Morgan fingerprint density at radius 3 is 2.45 bits per heavy atom. The summed E-state index contributed by atoms with van der Waals surface area (Å²) in [5, 5.41) is 4.24. The minimum atomic E-state index is -0.0898. The fourth-order valence-corrected chi connectivity index (χ4v) is 5.07. The van der Waals surface area contributed by atoms with Gasteiger partial charge in [0.1, 0.15) is 6.04 Å². The molecule has 2 aromatic carbocycles. The molecular formula is C26H24BrN5S. The number of thiocarbonyl (C=S) groups is 1. The molecule has 0 bridgehead atoms. The third-order valence-corrected chi connectivity index (χ3v) is 6.72. The van der Waals surface area contributed by atoms with Gasteiger partial charge in [0, 0.05) is 53.7 Å². The van der Waals surface area contributed by atoms with Crippen molar-refractivity contribution in [1.29, 1.82) is 0 Å². The van der Waals surface area contributed by atoms with E-state index in [0.29, 0.717) is 5.11 Å². The number of hydrogen-bond acceptors (Lipinski definition) is 3. The summed E-state index contributed by atoms with van der Waals surface area (Å²) < 4.78 is 3.26. The average Bonchev–Trinajstić information content (AvgIpc) is 3.44. The number of nitrogens with one attached hydrogen (secondary N) is 1. The third-order valence-electron chi connectivity index (χ3n) is 5.91. The van der Waals surface area contributed by atoms with Gasteiger partial charge >= 0.3 is 0 Å². The predicted octanol–water partition coefficient (Wildman–Crippen LogP) is 5.88. The topological polar surface area (TPSA) is 36.3 Å². The van der Waals surface area contributed by atoms with Gasteiger partial charge in [-0.15, -0.1) is 0 Å². The summed E-state index contributed by atoms with van der Waals surface area (Å²) in [5.41, 5.74) is 5.37. The van der Waals surface area contributed by atoms with E-state index in [4.69, 9.17) is 12.2 Å². The zero-order valence-electron chi connectivity index (χ0n) is 18.4. The van der Waals surface area contributed by atoms with Crippen LogP contribution in [-0.4, -0.2) is 28.8 Å². The fourth-order valence-electron chi connectivity index (χ4n) is 4.34. The van der Waals surface area contributed by atoms with Crippen LogP contribution >= 0.6 is 28.1 Å². The van der Waals surface area contributed by atoms with Gasteiger partial charge in [0.2, 0.25) is 0 Å². The normalized spacial score (nSPS) is 17.8. The molecule has 0 aliphatic carbocycles. The van der Waals surface area contributed by atoms with E-state index in [2.05, 4.69) is 107 Å². The number of anilines is 2. The Labute approximate surface area is 207 Å². The molecule has 5 nitrogen and oxygen atoms in total. The number of nitrogens with zero attached hydrogens (tertiary/aromatic N) is 4. The van der Waals surface area contributed by atoms with Crippen molar-refractivity contribution in [3.63, 3.8) is 0 Å². The van der Waals surface area contributed by atoms with Gasteiger partial charge in [-0.1, -0.05) is 28.1 Å². The summed E-state index contributed by atoms with van der Waals surface area (Å²) >= 11 is 9.49. The van der Waals surface area contributed by atoms with Crippen LogP contribution in [-0.2, 0) is 0 Å². The number of rotatable bonds is 5. The van der Waals surface area contributed by atoms with Crippen LogP contribution in [0.2, 0.25) is 0 Å². The molecule has 1 aliphatic rings. The molecule has 1 saturated heterocycles. The van der Waals surface area contributed by atoms with Crippen LogP contribution in [0.5, 0.6) is 0 Å². The van der Waals surface area contributed by atoms with E-state index in [1.807, 2.05) is 38.5 Å².